The molecule has 0 saturated carbocycles. The Hall–Kier alpha value is -3.40. The van der Waals surface area contributed by atoms with E-state index in [0.717, 1.165) is 18.2 Å². The highest BCUT2D eigenvalue weighted by Gasteiger charge is 2.40. The fourth-order valence-corrected chi connectivity index (χ4v) is 1.31. The average molecular weight is 308 g/mol. The topological polar surface area (TPSA) is 139 Å². The summed E-state index contributed by atoms with van der Waals surface area (Å²) in [6, 6.07) is 5.98. The number of hydrogen-bond acceptors (Lipinski definition) is 6. The standard InChI is InChI=1S/C12H7F3N6O/c13-12(14,15)10(22)7-3-6(4-16)1-2-8(7)20-21-9(5-17)11(18)19/h1-3,20H,(H3,18,19)/b21-9+. The second-order valence-electron chi connectivity index (χ2n) is 3.80. The third-order valence-corrected chi connectivity index (χ3v) is 2.30. The minimum atomic E-state index is -5.15. The molecule has 10 heteroatoms. The lowest BCUT2D eigenvalue weighted by Gasteiger charge is -2.10. The number of nitriles is 2. The van der Waals surface area contributed by atoms with Crippen LogP contribution in [0.1, 0.15) is 15.9 Å². The van der Waals surface area contributed by atoms with Gasteiger partial charge in [0.2, 0.25) is 5.71 Å². The first-order chi connectivity index (χ1) is 10.2. The third-order valence-electron chi connectivity index (χ3n) is 2.30. The number of carbonyl (C=O) groups excluding carboxylic acids is 1. The molecule has 0 aromatic heterocycles. The number of nitrogens with zero attached hydrogens (tertiary/aromatic N) is 3. The number of hydrogen-bond donors (Lipinski definition) is 3. The number of rotatable bonds is 4. The lowest BCUT2D eigenvalue weighted by molar-refractivity contribution is -0.0884. The van der Waals surface area contributed by atoms with Crippen LogP contribution in [0.4, 0.5) is 18.9 Å². The average Bonchev–Trinajstić information content (AvgIpc) is 2.45. The van der Waals surface area contributed by atoms with Crippen molar-refractivity contribution < 1.29 is 18.0 Å². The quantitative estimate of drug-likeness (QED) is 0.335. The van der Waals surface area contributed by atoms with Gasteiger partial charge in [0.05, 0.1) is 22.9 Å². The summed E-state index contributed by atoms with van der Waals surface area (Å²) < 4.78 is 37.6. The van der Waals surface area contributed by atoms with E-state index in [2.05, 4.69) is 10.5 Å². The predicted molar refractivity (Wildman–Crippen MR) is 70.1 cm³/mol. The molecule has 0 spiro atoms. The van der Waals surface area contributed by atoms with Crippen LogP contribution in [0.5, 0.6) is 0 Å². The molecule has 0 saturated heterocycles. The molecular formula is C12H7F3N6O. The van der Waals surface area contributed by atoms with Gasteiger partial charge >= 0.3 is 6.18 Å². The van der Waals surface area contributed by atoms with Gasteiger partial charge in [0, 0.05) is 0 Å². The summed E-state index contributed by atoms with van der Waals surface area (Å²) >= 11 is 0. The molecule has 1 rings (SSSR count). The van der Waals surface area contributed by atoms with Gasteiger partial charge in [0.25, 0.3) is 5.78 Å². The molecular weight excluding hydrogens is 301 g/mol. The highest BCUT2D eigenvalue weighted by Crippen LogP contribution is 2.27. The number of halogens is 3. The maximum atomic E-state index is 12.5. The SMILES string of the molecule is N#C/C(=N\Nc1ccc(C#N)cc1C(=O)C(F)(F)F)C(=N)N. The first kappa shape index (κ1) is 16.7. The minimum Gasteiger partial charge on any atom is -0.382 e. The number of ketones is 1. The van der Waals surface area contributed by atoms with Gasteiger partial charge in [-0.25, -0.2) is 0 Å². The highest BCUT2D eigenvalue weighted by atomic mass is 19.4. The van der Waals surface area contributed by atoms with E-state index in [-0.39, 0.29) is 11.3 Å². The van der Waals surface area contributed by atoms with E-state index in [0.29, 0.717) is 0 Å². The van der Waals surface area contributed by atoms with Crippen LogP contribution in [0.15, 0.2) is 23.3 Å². The normalized spacial score (nSPS) is 11.2. The minimum absolute atomic E-state index is 0.158. The summed E-state index contributed by atoms with van der Waals surface area (Å²) in [5.74, 6) is -2.88. The molecule has 0 aliphatic carbocycles. The molecule has 0 aliphatic heterocycles. The molecule has 0 fully saturated rings. The van der Waals surface area contributed by atoms with Gasteiger partial charge in [0.1, 0.15) is 6.07 Å². The Morgan fingerprint density at radius 2 is 2.00 bits per heavy atom. The molecule has 7 nitrogen and oxygen atoms in total. The van der Waals surface area contributed by atoms with E-state index in [1.807, 2.05) is 0 Å². The van der Waals surface area contributed by atoms with Crippen LogP contribution >= 0.6 is 0 Å². The van der Waals surface area contributed by atoms with Gasteiger partial charge < -0.3 is 5.73 Å². The Kier molecular flexibility index (Phi) is 4.82. The van der Waals surface area contributed by atoms with Crippen LogP contribution < -0.4 is 11.2 Å². The molecule has 0 amide bonds. The Morgan fingerprint density at radius 1 is 1.36 bits per heavy atom. The summed E-state index contributed by atoms with van der Waals surface area (Å²) in [7, 11) is 0. The zero-order valence-corrected chi connectivity index (χ0v) is 10.7. The van der Waals surface area contributed by atoms with E-state index in [1.165, 1.54) is 6.07 Å². The van der Waals surface area contributed by atoms with Crippen molar-refractivity contribution in [2.75, 3.05) is 5.43 Å². The molecule has 22 heavy (non-hydrogen) atoms. The largest absolute Gasteiger partial charge is 0.454 e. The van der Waals surface area contributed by atoms with Crippen molar-refractivity contribution >= 4 is 23.0 Å². The Balaban J connectivity index is 3.32. The summed E-state index contributed by atoms with van der Waals surface area (Å²) in [4.78, 5) is 11.3. The number of alkyl halides is 3. The number of amidine groups is 1. The molecule has 1 aromatic carbocycles. The number of benzene rings is 1. The van der Waals surface area contributed by atoms with Crippen molar-refractivity contribution in [2.45, 2.75) is 6.18 Å². The maximum absolute atomic E-state index is 12.5. The fourth-order valence-electron chi connectivity index (χ4n) is 1.31. The molecule has 0 aliphatic rings. The van der Waals surface area contributed by atoms with E-state index >= 15 is 0 Å². The van der Waals surface area contributed by atoms with Gasteiger partial charge in [-0.15, -0.1) is 0 Å². The van der Waals surface area contributed by atoms with Gasteiger partial charge in [0.15, 0.2) is 5.84 Å². The summed E-state index contributed by atoms with van der Waals surface area (Å²) in [6.45, 7) is 0. The fraction of sp³-hybridized carbons (Fsp3) is 0.0833. The molecule has 0 bridgehead atoms. The third kappa shape index (κ3) is 3.80. The van der Waals surface area contributed by atoms with Crippen LogP contribution in [-0.2, 0) is 0 Å². The van der Waals surface area contributed by atoms with Crippen molar-refractivity contribution in [1.29, 1.82) is 15.9 Å². The zero-order valence-electron chi connectivity index (χ0n) is 10.7. The number of carbonyl (C=O) groups is 1. The van der Waals surface area contributed by atoms with E-state index in [9.17, 15) is 18.0 Å². The number of nitrogens with two attached hydrogens (primary N) is 1. The zero-order chi connectivity index (χ0) is 16.9. The van der Waals surface area contributed by atoms with Crippen molar-refractivity contribution in [2.24, 2.45) is 10.8 Å². The van der Waals surface area contributed by atoms with Crippen LogP contribution in [-0.4, -0.2) is 23.5 Å². The number of nitrogens with one attached hydrogen (secondary N) is 2. The first-order valence-electron chi connectivity index (χ1n) is 5.44. The molecule has 0 atom stereocenters. The monoisotopic (exact) mass is 308 g/mol. The smallest absolute Gasteiger partial charge is 0.382 e. The van der Waals surface area contributed by atoms with Crippen molar-refractivity contribution in [3.8, 4) is 12.1 Å². The summed E-state index contributed by atoms with van der Waals surface area (Å²) in [6.07, 6.45) is -5.15. The molecule has 4 N–H and O–H groups in total. The van der Waals surface area contributed by atoms with Crippen LogP contribution in [0.3, 0.4) is 0 Å². The van der Waals surface area contributed by atoms with Crippen LogP contribution in [0.2, 0.25) is 0 Å². The van der Waals surface area contributed by atoms with Crippen molar-refractivity contribution in [1.82, 2.24) is 0 Å². The lowest BCUT2D eigenvalue weighted by Crippen LogP contribution is -2.24. The Bertz CT molecular complexity index is 739. The lowest BCUT2D eigenvalue weighted by atomic mass is 10.1. The molecule has 112 valence electrons. The van der Waals surface area contributed by atoms with Gasteiger partial charge in [-0.1, -0.05) is 0 Å². The predicted octanol–water partition coefficient (Wildman–Crippen LogP) is 1.53. The highest BCUT2D eigenvalue weighted by molar-refractivity contribution is 6.45. The number of hydrazone groups is 1. The van der Waals surface area contributed by atoms with Crippen LogP contribution in [0.25, 0.3) is 0 Å². The van der Waals surface area contributed by atoms with Gasteiger partial charge in [-0.2, -0.15) is 28.8 Å². The molecule has 0 radical (unpaired) electrons. The Labute approximate surface area is 122 Å². The number of Topliss-reactive ketones (excluding diaryl/α,β-unsaturated/α-hetero) is 1. The molecule has 0 unspecified atom stereocenters. The van der Waals surface area contributed by atoms with E-state index in [4.69, 9.17) is 21.7 Å². The summed E-state index contributed by atoms with van der Waals surface area (Å²) in [5.41, 5.74) is 5.14. The second-order valence-corrected chi connectivity index (χ2v) is 3.80. The van der Waals surface area contributed by atoms with Gasteiger partial charge in [-0.05, 0) is 18.2 Å². The molecule has 1 aromatic rings. The Morgan fingerprint density at radius 3 is 2.45 bits per heavy atom. The van der Waals surface area contributed by atoms with Crippen molar-refractivity contribution in [3.05, 3.63) is 29.3 Å². The first-order valence-corrected chi connectivity index (χ1v) is 5.44. The van der Waals surface area contributed by atoms with E-state index < -0.39 is 29.1 Å². The van der Waals surface area contributed by atoms with Crippen molar-refractivity contribution in [3.63, 3.8) is 0 Å². The van der Waals surface area contributed by atoms with Crippen LogP contribution in [0, 0.1) is 28.1 Å². The maximum Gasteiger partial charge on any atom is 0.454 e. The molecule has 0 heterocycles. The second kappa shape index (κ2) is 6.37. The summed E-state index contributed by atoms with van der Waals surface area (Å²) in [5, 5.41) is 27.7. The van der Waals surface area contributed by atoms with Gasteiger partial charge in [-0.3, -0.25) is 15.6 Å². The number of anilines is 1. The van der Waals surface area contributed by atoms with E-state index in [1.54, 1.807) is 6.07 Å².